The molecule has 0 spiro atoms. The van der Waals surface area contributed by atoms with Crippen LogP contribution in [0.3, 0.4) is 0 Å². The van der Waals surface area contributed by atoms with Crippen LogP contribution in [0.1, 0.15) is 33.1 Å². The van der Waals surface area contributed by atoms with Gasteiger partial charge in [0.2, 0.25) is 5.91 Å². The van der Waals surface area contributed by atoms with E-state index >= 15 is 0 Å². The first kappa shape index (κ1) is 12.0. The number of hydrogen-bond acceptors (Lipinski definition) is 2. The van der Waals surface area contributed by atoms with E-state index in [-0.39, 0.29) is 18.0 Å². The zero-order chi connectivity index (χ0) is 10.3. The van der Waals surface area contributed by atoms with Gasteiger partial charge in [-0.1, -0.05) is 5.92 Å². The van der Waals surface area contributed by atoms with E-state index in [1.807, 2.05) is 6.92 Å². The minimum Gasteiger partial charge on any atom is -0.343 e. The third-order valence-electron chi connectivity index (χ3n) is 1.69. The number of carbonyl (C=O) groups is 1. The highest BCUT2D eigenvalue weighted by molar-refractivity contribution is 5.76. The highest BCUT2D eigenvalue weighted by atomic mass is 16.1. The molecule has 0 heterocycles. The Balaban J connectivity index is 3.48. The third-order valence-corrected chi connectivity index (χ3v) is 1.69. The highest BCUT2D eigenvalue weighted by Crippen LogP contribution is 1.98. The molecule has 3 nitrogen and oxygen atoms in total. The fraction of sp³-hybridized carbons (Fsp3) is 0.700. The Bertz CT molecular complexity index is 194. The normalized spacial score (nSPS) is 14.3. The molecule has 0 saturated carbocycles. The number of hydrogen-bond donors (Lipinski definition) is 2. The van der Waals surface area contributed by atoms with Gasteiger partial charge in [-0.15, -0.1) is 6.42 Å². The van der Waals surface area contributed by atoms with E-state index in [0.29, 0.717) is 6.42 Å². The minimum absolute atomic E-state index is 0.00565. The summed E-state index contributed by atoms with van der Waals surface area (Å²) in [5, 5.41) is 2.69. The number of carbonyl (C=O) groups excluding carboxylic acids is 1. The van der Waals surface area contributed by atoms with Crippen LogP contribution in [-0.2, 0) is 4.79 Å². The molecule has 0 aromatic rings. The summed E-state index contributed by atoms with van der Waals surface area (Å²) in [6, 6.07) is -0.0133. The van der Waals surface area contributed by atoms with Crippen molar-refractivity contribution in [2.75, 3.05) is 0 Å². The van der Waals surface area contributed by atoms with E-state index in [2.05, 4.69) is 11.2 Å². The monoisotopic (exact) mass is 182 g/mol. The van der Waals surface area contributed by atoms with Crippen LogP contribution in [0, 0.1) is 12.3 Å². The largest absolute Gasteiger partial charge is 0.343 e. The third kappa shape index (κ3) is 7.35. The number of nitrogens with one attached hydrogen (secondary N) is 1. The van der Waals surface area contributed by atoms with Crippen molar-refractivity contribution in [1.29, 1.82) is 0 Å². The topological polar surface area (TPSA) is 55.1 Å². The lowest BCUT2D eigenvalue weighted by atomic mass is 10.1. The molecule has 0 aromatic carbocycles. The predicted octanol–water partition coefficient (Wildman–Crippen LogP) is 0.642. The maximum Gasteiger partial charge on any atom is 0.220 e. The molecule has 3 heteroatoms. The molecule has 2 unspecified atom stereocenters. The summed E-state index contributed by atoms with van der Waals surface area (Å²) in [5.74, 6) is 2.44. The number of terminal acetylenes is 1. The fourth-order valence-corrected chi connectivity index (χ4v) is 0.940. The molecule has 0 fully saturated rings. The van der Waals surface area contributed by atoms with E-state index in [0.717, 1.165) is 12.8 Å². The number of rotatable bonds is 5. The van der Waals surface area contributed by atoms with E-state index < -0.39 is 0 Å². The predicted molar refractivity (Wildman–Crippen MR) is 53.9 cm³/mol. The Morgan fingerprint density at radius 1 is 1.62 bits per heavy atom. The number of nitrogens with two attached hydrogens (primary N) is 1. The summed E-state index contributed by atoms with van der Waals surface area (Å²) < 4.78 is 0. The molecule has 0 aliphatic heterocycles. The summed E-state index contributed by atoms with van der Waals surface area (Å²) in [5.41, 5.74) is 5.54. The van der Waals surface area contributed by atoms with Crippen molar-refractivity contribution in [3.63, 3.8) is 0 Å². The maximum atomic E-state index is 11.1. The average molecular weight is 182 g/mol. The molecule has 3 N–H and O–H groups in total. The van der Waals surface area contributed by atoms with Gasteiger partial charge in [0, 0.05) is 12.5 Å². The first-order valence-electron chi connectivity index (χ1n) is 4.57. The SMILES string of the molecule is C#CC(C)NC(=O)CCCC(C)N. The number of amides is 1. The smallest absolute Gasteiger partial charge is 0.220 e. The Kier molecular flexibility index (Phi) is 5.99. The van der Waals surface area contributed by atoms with Gasteiger partial charge in [0.1, 0.15) is 0 Å². The van der Waals surface area contributed by atoms with Gasteiger partial charge in [0.15, 0.2) is 0 Å². The first-order chi connectivity index (χ1) is 6.06. The molecular weight excluding hydrogens is 164 g/mol. The molecule has 74 valence electrons. The van der Waals surface area contributed by atoms with E-state index in [1.54, 1.807) is 6.92 Å². The van der Waals surface area contributed by atoms with Gasteiger partial charge in [-0.05, 0) is 26.7 Å². The summed E-state index contributed by atoms with van der Waals surface area (Å²) >= 11 is 0. The lowest BCUT2D eigenvalue weighted by molar-refractivity contribution is -0.121. The standard InChI is InChI=1S/C10H18N2O/c1-4-9(3)12-10(13)7-5-6-8(2)11/h1,8-9H,5-7,11H2,2-3H3,(H,12,13). The van der Waals surface area contributed by atoms with Crippen molar-refractivity contribution in [3.05, 3.63) is 0 Å². The Morgan fingerprint density at radius 2 is 2.23 bits per heavy atom. The van der Waals surface area contributed by atoms with Crippen molar-refractivity contribution in [3.8, 4) is 12.3 Å². The van der Waals surface area contributed by atoms with Crippen LogP contribution in [0.5, 0.6) is 0 Å². The summed E-state index contributed by atoms with van der Waals surface area (Å²) in [4.78, 5) is 11.1. The molecule has 13 heavy (non-hydrogen) atoms. The van der Waals surface area contributed by atoms with Crippen LogP contribution in [0.4, 0.5) is 0 Å². The molecule has 0 radical (unpaired) electrons. The van der Waals surface area contributed by atoms with Gasteiger partial charge in [-0.2, -0.15) is 0 Å². The van der Waals surface area contributed by atoms with E-state index in [9.17, 15) is 4.79 Å². The molecular formula is C10H18N2O. The van der Waals surface area contributed by atoms with Crippen molar-refractivity contribution in [1.82, 2.24) is 5.32 Å². The van der Waals surface area contributed by atoms with Crippen LogP contribution in [-0.4, -0.2) is 18.0 Å². The minimum atomic E-state index is -0.178. The average Bonchev–Trinajstić information content (AvgIpc) is 2.03. The molecule has 0 aliphatic rings. The van der Waals surface area contributed by atoms with Crippen molar-refractivity contribution >= 4 is 5.91 Å². The van der Waals surface area contributed by atoms with Gasteiger partial charge in [-0.3, -0.25) is 4.79 Å². The fourth-order valence-electron chi connectivity index (χ4n) is 0.940. The zero-order valence-corrected chi connectivity index (χ0v) is 8.34. The van der Waals surface area contributed by atoms with Crippen LogP contribution in [0.25, 0.3) is 0 Å². The van der Waals surface area contributed by atoms with Crippen LogP contribution in [0.15, 0.2) is 0 Å². The molecule has 0 aliphatic carbocycles. The van der Waals surface area contributed by atoms with Crippen LogP contribution < -0.4 is 11.1 Å². The summed E-state index contributed by atoms with van der Waals surface area (Å²) in [6.07, 6.45) is 7.31. The first-order valence-corrected chi connectivity index (χ1v) is 4.57. The summed E-state index contributed by atoms with van der Waals surface area (Å²) in [6.45, 7) is 3.71. The van der Waals surface area contributed by atoms with Gasteiger partial charge in [-0.25, -0.2) is 0 Å². The Hall–Kier alpha value is -1.01. The lowest BCUT2D eigenvalue weighted by Gasteiger charge is -2.08. The second-order valence-corrected chi connectivity index (χ2v) is 3.33. The van der Waals surface area contributed by atoms with Gasteiger partial charge < -0.3 is 11.1 Å². The lowest BCUT2D eigenvalue weighted by Crippen LogP contribution is -2.31. The zero-order valence-electron chi connectivity index (χ0n) is 8.34. The van der Waals surface area contributed by atoms with Gasteiger partial charge >= 0.3 is 0 Å². The van der Waals surface area contributed by atoms with Crippen molar-refractivity contribution in [2.24, 2.45) is 5.73 Å². The van der Waals surface area contributed by atoms with Crippen molar-refractivity contribution < 1.29 is 4.79 Å². The van der Waals surface area contributed by atoms with E-state index in [4.69, 9.17) is 12.2 Å². The van der Waals surface area contributed by atoms with Gasteiger partial charge in [0.25, 0.3) is 0 Å². The molecule has 0 rings (SSSR count). The molecule has 0 saturated heterocycles. The molecule has 0 aromatic heterocycles. The van der Waals surface area contributed by atoms with Crippen LogP contribution in [0.2, 0.25) is 0 Å². The van der Waals surface area contributed by atoms with Crippen LogP contribution >= 0.6 is 0 Å². The van der Waals surface area contributed by atoms with Crippen molar-refractivity contribution in [2.45, 2.75) is 45.2 Å². The molecule has 2 atom stereocenters. The Morgan fingerprint density at radius 3 is 2.69 bits per heavy atom. The maximum absolute atomic E-state index is 11.1. The highest BCUT2D eigenvalue weighted by Gasteiger charge is 2.04. The second-order valence-electron chi connectivity index (χ2n) is 3.33. The molecule has 1 amide bonds. The molecule has 0 bridgehead atoms. The second kappa shape index (κ2) is 6.50. The Labute approximate surface area is 80.1 Å². The summed E-state index contributed by atoms with van der Waals surface area (Å²) in [7, 11) is 0. The quantitative estimate of drug-likeness (QED) is 0.613. The van der Waals surface area contributed by atoms with Gasteiger partial charge in [0.05, 0.1) is 6.04 Å². The van der Waals surface area contributed by atoms with E-state index in [1.165, 1.54) is 0 Å².